The molecule has 0 radical (unpaired) electrons. The molecule has 0 rings (SSSR count). The van der Waals surface area contributed by atoms with Gasteiger partial charge in [-0.2, -0.15) is 0 Å². The monoisotopic (exact) mass is 304 g/mol. The first-order chi connectivity index (χ1) is 6.63. The Labute approximate surface area is 134 Å². The van der Waals surface area contributed by atoms with Crippen molar-refractivity contribution in [2.24, 2.45) is 0 Å². The quantitative estimate of drug-likeness (QED) is 0.483. The first-order valence-corrected chi connectivity index (χ1v) is 5.06. The number of unbranched alkanes of at least 4 members (excludes halogenated alkanes) is 5. The molecule has 0 bridgehead atoms. The summed E-state index contributed by atoms with van der Waals surface area (Å²) in [5, 5.41) is 16.7. The average Bonchev–Trinajstić information content (AvgIpc) is 2.08. The summed E-state index contributed by atoms with van der Waals surface area (Å²) in [6.45, 7) is 0. The molecule has 0 spiro atoms. The van der Waals surface area contributed by atoms with E-state index in [0.29, 0.717) is 0 Å². The topological polar surface area (TPSA) is 160 Å². The van der Waals surface area contributed by atoms with Crippen molar-refractivity contribution in [3.63, 3.8) is 0 Å². The first-order valence-electron chi connectivity index (χ1n) is 5.06. The van der Waals surface area contributed by atoms with E-state index in [9.17, 15) is 9.59 Å². The smallest absolute Gasteiger partial charge is 2.00 e. The Morgan fingerprint density at radius 3 is 1.00 bits per heavy atom. The summed E-state index contributed by atoms with van der Waals surface area (Å²) in [6, 6.07) is 0. The summed E-state index contributed by atoms with van der Waals surface area (Å²) in [5.74, 6) is -1.48. The molecule has 0 aliphatic rings. The Kier molecular flexibility index (Phi) is 50.6. The summed E-state index contributed by atoms with van der Waals surface area (Å²) < 4.78 is 0. The Morgan fingerprint density at radius 2 is 0.789 bits per heavy atom. The molecule has 0 saturated heterocycles. The van der Waals surface area contributed by atoms with Crippen molar-refractivity contribution >= 4 is 46.7 Å². The maximum Gasteiger partial charge on any atom is 3.00 e. The third kappa shape index (κ3) is 38.1. The van der Waals surface area contributed by atoms with Crippen LogP contribution >= 0.6 is 0 Å². The van der Waals surface area contributed by atoms with Crippen LogP contribution in [0.25, 0.3) is 0 Å². The maximum atomic E-state index is 10.1. The fraction of sp³-hybridized carbons (Fsp3) is 0.800. The SMILES string of the molecule is O=C(O)CCCCCCCCC(=O)O.[Al+3].[Al+3].[O-2].[O-2].[O-2]. The largest absolute Gasteiger partial charge is 3.00 e. The van der Waals surface area contributed by atoms with Crippen molar-refractivity contribution in [3.8, 4) is 0 Å². The van der Waals surface area contributed by atoms with Crippen molar-refractivity contribution in [3.05, 3.63) is 0 Å². The predicted molar refractivity (Wildman–Crippen MR) is 65.8 cm³/mol. The fourth-order valence-electron chi connectivity index (χ4n) is 1.26. The van der Waals surface area contributed by atoms with Gasteiger partial charge in [-0.25, -0.2) is 0 Å². The van der Waals surface area contributed by atoms with Crippen LogP contribution in [-0.2, 0) is 26.0 Å². The van der Waals surface area contributed by atoms with E-state index in [-0.39, 0.29) is 64.0 Å². The van der Waals surface area contributed by atoms with Crippen molar-refractivity contribution in [2.45, 2.75) is 51.4 Å². The van der Waals surface area contributed by atoms with Gasteiger partial charge in [0, 0.05) is 12.8 Å². The van der Waals surface area contributed by atoms with Crippen LogP contribution in [0.2, 0.25) is 0 Å². The summed E-state index contributed by atoms with van der Waals surface area (Å²) in [6.07, 6.45) is 5.82. The minimum Gasteiger partial charge on any atom is -2.00 e. The molecular weight excluding hydrogens is 286 g/mol. The van der Waals surface area contributed by atoms with E-state index < -0.39 is 11.9 Å². The van der Waals surface area contributed by atoms with Crippen LogP contribution in [-0.4, -0.2) is 56.9 Å². The molecule has 7 nitrogen and oxygen atoms in total. The zero-order chi connectivity index (χ0) is 10.8. The second-order valence-electron chi connectivity index (χ2n) is 3.41. The summed E-state index contributed by atoms with van der Waals surface area (Å²) in [7, 11) is 0. The van der Waals surface area contributed by atoms with Crippen molar-refractivity contribution in [1.29, 1.82) is 0 Å². The molecule has 0 atom stereocenters. The molecule has 0 aromatic carbocycles. The Hall–Kier alpha value is -0.115. The third-order valence-electron chi connectivity index (χ3n) is 2.03. The van der Waals surface area contributed by atoms with E-state index in [1.165, 1.54) is 0 Å². The van der Waals surface area contributed by atoms with Gasteiger partial charge < -0.3 is 26.6 Å². The number of carboxylic acid groups (broad SMARTS) is 2. The van der Waals surface area contributed by atoms with Gasteiger partial charge in [-0.1, -0.05) is 25.7 Å². The van der Waals surface area contributed by atoms with E-state index in [1.807, 2.05) is 0 Å². The molecule has 9 heteroatoms. The molecule has 106 valence electrons. The molecule has 0 aliphatic carbocycles. The summed E-state index contributed by atoms with van der Waals surface area (Å²) in [4.78, 5) is 20.3. The van der Waals surface area contributed by atoms with Gasteiger partial charge >= 0.3 is 46.7 Å². The van der Waals surface area contributed by atoms with Crippen LogP contribution in [0.15, 0.2) is 0 Å². The Bertz CT molecular complexity index is 171. The molecule has 2 N–H and O–H groups in total. The van der Waals surface area contributed by atoms with Gasteiger partial charge in [-0.05, 0) is 12.8 Å². The molecule has 0 aliphatic heterocycles. The van der Waals surface area contributed by atoms with Crippen LogP contribution in [0.4, 0.5) is 0 Å². The van der Waals surface area contributed by atoms with E-state index in [1.54, 1.807) is 0 Å². The zero-order valence-corrected chi connectivity index (χ0v) is 13.1. The average molecular weight is 304 g/mol. The molecular formula is C10H18Al2O7. The van der Waals surface area contributed by atoms with Crippen molar-refractivity contribution in [1.82, 2.24) is 0 Å². The molecule has 0 saturated carbocycles. The van der Waals surface area contributed by atoms with Crippen LogP contribution in [0.5, 0.6) is 0 Å². The van der Waals surface area contributed by atoms with Gasteiger partial charge in [-0.15, -0.1) is 0 Å². The normalized spacial score (nSPS) is 7.37. The molecule has 0 aromatic rings. The van der Waals surface area contributed by atoms with Crippen LogP contribution in [0.1, 0.15) is 51.4 Å². The summed E-state index contributed by atoms with van der Waals surface area (Å²) in [5.41, 5.74) is 0. The van der Waals surface area contributed by atoms with E-state index in [4.69, 9.17) is 10.2 Å². The molecule has 0 amide bonds. The van der Waals surface area contributed by atoms with E-state index in [0.717, 1.165) is 38.5 Å². The van der Waals surface area contributed by atoms with Crippen molar-refractivity contribution in [2.75, 3.05) is 0 Å². The van der Waals surface area contributed by atoms with Gasteiger partial charge in [0.25, 0.3) is 0 Å². The van der Waals surface area contributed by atoms with Crippen LogP contribution in [0.3, 0.4) is 0 Å². The molecule has 0 unspecified atom stereocenters. The number of carbonyl (C=O) groups is 2. The second kappa shape index (κ2) is 26.4. The van der Waals surface area contributed by atoms with Gasteiger partial charge in [-0.3, -0.25) is 9.59 Å². The first kappa shape index (κ1) is 36.4. The Balaban J connectivity index is -0.0000000845. The second-order valence-corrected chi connectivity index (χ2v) is 3.41. The van der Waals surface area contributed by atoms with E-state index >= 15 is 0 Å². The number of hydrogen-bond acceptors (Lipinski definition) is 2. The summed E-state index contributed by atoms with van der Waals surface area (Å²) >= 11 is 0. The molecule has 0 fully saturated rings. The van der Waals surface area contributed by atoms with Gasteiger partial charge in [0.1, 0.15) is 0 Å². The van der Waals surface area contributed by atoms with Gasteiger partial charge in [0.05, 0.1) is 0 Å². The van der Waals surface area contributed by atoms with Crippen LogP contribution in [0, 0.1) is 0 Å². The number of aliphatic carboxylic acids is 2. The minimum atomic E-state index is -0.740. The third-order valence-corrected chi connectivity index (χ3v) is 2.03. The zero-order valence-electron chi connectivity index (χ0n) is 10.7. The number of hydrogen-bond donors (Lipinski definition) is 2. The van der Waals surface area contributed by atoms with E-state index in [2.05, 4.69) is 0 Å². The molecule has 0 aromatic heterocycles. The Morgan fingerprint density at radius 1 is 0.579 bits per heavy atom. The maximum absolute atomic E-state index is 10.1. The van der Waals surface area contributed by atoms with Crippen LogP contribution < -0.4 is 0 Å². The number of carboxylic acids is 2. The fourth-order valence-corrected chi connectivity index (χ4v) is 1.26. The van der Waals surface area contributed by atoms with Gasteiger partial charge in [0.15, 0.2) is 0 Å². The van der Waals surface area contributed by atoms with Crippen molar-refractivity contribution < 1.29 is 36.2 Å². The standard InChI is InChI=1S/C10H18O4.2Al.3O/c11-9(12)7-5-3-1-2-4-6-8-10(13)14;;;;;/h1-8H2,(H,11,12)(H,13,14);;;;;/q;2*+3;3*-2. The number of rotatable bonds is 9. The minimum absolute atomic E-state index is 0. The molecule has 0 heterocycles. The van der Waals surface area contributed by atoms with Gasteiger partial charge in [0.2, 0.25) is 0 Å². The predicted octanol–water partition coefficient (Wildman–Crippen LogP) is 1.16. The molecule has 19 heavy (non-hydrogen) atoms.